The summed E-state index contributed by atoms with van der Waals surface area (Å²) in [5, 5.41) is 0. The summed E-state index contributed by atoms with van der Waals surface area (Å²) in [6, 6.07) is 0. The Morgan fingerprint density at radius 1 is 1.32 bits per heavy atom. The fourth-order valence-electron chi connectivity index (χ4n) is 2.64. The number of rotatable bonds is 3. The number of carbonyl (C=O) groups excluding carboxylic acids is 2. The van der Waals surface area contributed by atoms with Crippen LogP contribution < -0.4 is 0 Å². The summed E-state index contributed by atoms with van der Waals surface area (Å²) in [7, 11) is 1.37. The molecule has 0 saturated carbocycles. The predicted molar refractivity (Wildman–Crippen MR) is 71.8 cm³/mol. The first-order valence-electron chi connectivity index (χ1n) is 6.86. The summed E-state index contributed by atoms with van der Waals surface area (Å²) in [5.74, 6) is -0.335. The van der Waals surface area contributed by atoms with Crippen molar-refractivity contribution >= 4 is 12.1 Å². The van der Waals surface area contributed by atoms with E-state index in [2.05, 4.69) is 0 Å². The molecule has 0 aliphatic carbocycles. The van der Waals surface area contributed by atoms with Gasteiger partial charge in [-0.15, -0.1) is 0 Å². The predicted octanol–water partition coefficient (Wildman–Crippen LogP) is 2.73. The topological polar surface area (TPSA) is 55.8 Å². The molecule has 0 N–H and O–H groups in total. The fraction of sp³-hybridized carbons (Fsp3) is 0.857. The maximum Gasteiger partial charge on any atom is 0.411 e. The lowest BCUT2D eigenvalue weighted by molar-refractivity contribution is -0.153. The highest BCUT2D eigenvalue weighted by Gasteiger charge is 2.51. The molecule has 0 radical (unpaired) electrons. The van der Waals surface area contributed by atoms with E-state index in [4.69, 9.17) is 9.47 Å². The van der Waals surface area contributed by atoms with Crippen LogP contribution in [-0.4, -0.2) is 41.8 Å². The van der Waals surface area contributed by atoms with Gasteiger partial charge in [0, 0.05) is 6.54 Å². The first kappa shape index (κ1) is 15.8. The van der Waals surface area contributed by atoms with Gasteiger partial charge in [-0.05, 0) is 40.0 Å². The van der Waals surface area contributed by atoms with Crippen molar-refractivity contribution in [2.45, 2.75) is 64.5 Å². The van der Waals surface area contributed by atoms with Crippen molar-refractivity contribution in [2.75, 3.05) is 13.7 Å². The molecule has 0 aromatic heterocycles. The van der Waals surface area contributed by atoms with Crippen molar-refractivity contribution in [3.63, 3.8) is 0 Å². The van der Waals surface area contributed by atoms with E-state index in [1.54, 1.807) is 4.90 Å². The minimum atomic E-state index is -0.841. The quantitative estimate of drug-likeness (QED) is 0.741. The van der Waals surface area contributed by atoms with Crippen LogP contribution in [0.1, 0.15) is 53.4 Å². The molecular formula is C14H25NO4. The van der Waals surface area contributed by atoms with Crippen molar-refractivity contribution in [1.29, 1.82) is 0 Å². The lowest BCUT2D eigenvalue weighted by atomic mass is 9.91. The van der Waals surface area contributed by atoms with Gasteiger partial charge in [-0.3, -0.25) is 4.90 Å². The number of carbonyl (C=O) groups is 2. The largest absolute Gasteiger partial charge is 0.467 e. The van der Waals surface area contributed by atoms with Crippen LogP contribution in [0.3, 0.4) is 0 Å². The molecule has 1 atom stereocenters. The van der Waals surface area contributed by atoms with Crippen LogP contribution >= 0.6 is 0 Å². The lowest BCUT2D eigenvalue weighted by Crippen LogP contribution is -2.54. The molecule has 19 heavy (non-hydrogen) atoms. The van der Waals surface area contributed by atoms with Crippen LogP contribution in [0.25, 0.3) is 0 Å². The van der Waals surface area contributed by atoms with Gasteiger partial charge in [-0.2, -0.15) is 0 Å². The molecule has 110 valence electrons. The van der Waals surface area contributed by atoms with E-state index in [0.717, 1.165) is 12.8 Å². The molecule has 0 aromatic rings. The molecule has 0 aromatic carbocycles. The SMILES string of the molecule is CCC[C@@]1(C(=O)OC)CCCN1C(=O)OC(C)(C)C. The van der Waals surface area contributed by atoms with E-state index in [1.807, 2.05) is 27.7 Å². The van der Waals surface area contributed by atoms with Gasteiger partial charge < -0.3 is 9.47 Å². The van der Waals surface area contributed by atoms with E-state index in [1.165, 1.54) is 7.11 Å². The maximum absolute atomic E-state index is 12.3. The molecule has 0 unspecified atom stereocenters. The zero-order chi connectivity index (χ0) is 14.7. The second kappa shape index (κ2) is 5.80. The zero-order valence-electron chi connectivity index (χ0n) is 12.6. The Hall–Kier alpha value is -1.26. The molecule has 5 nitrogen and oxygen atoms in total. The third-order valence-electron chi connectivity index (χ3n) is 3.33. The second-order valence-electron chi connectivity index (χ2n) is 6.01. The highest BCUT2D eigenvalue weighted by atomic mass is 16.6. The molecular weight excluding hydrogens is 246 g/mol. The van der Waals surface area contributed by atoms with Gasteiger partial charge in [0.1, 0.15) is 11.1 Å². The van der Waals surface area contributed by atoms with E-state index < -0.39 is 17.2 Å². The molecule has 0 bridgehead atoms. The molecule has 0 spiro atoms. The van der Waals surface area contributed by atoms with Crippen molar-refractivity contribution < 1.29 is 19.1 Å². The Morgan fingerprint density at radius 3 is 2.42 bits per heavy atom. The smallest absolute Gasteiger partial charge is 0.411 e. The summed E-state index contributed by atoms with van der Waals surface area (Å²) in [5.41, 5.74) is -1.40. The first-order chi connectivity index (χ1) is 8.77. The number of amides is 1. The first-order valence-corrected chi connectivity index (χ1v) is 6.86. The standard InChI is InChI=1S/C14H25NO4/c1-6-8-14(11(16)18-5)9-7-10-15(14)12(17)19-13(2,3)4/h6-10H2,1-5H3/t14-/m0/s1. The molecule has 1 amide bonds. The third-order valence-corrected chi connectivity index (χ3v) is 3.33. The number of methoxy groups -OCH3 is 1. The van der Waals surface area contributed by atoms with Crippen LogP contribution in [0.4, 0.5) is 4.79 Å². The van der Waals surface area contributed by atoms with Gasteiger partial charge in [0.25, 0.3) is 0 Å². The van der Waals surface area contributed by atoms with Crippen LogP contribution in [0, 0.1) is 0 Å². The van der Waals surface area contributed by atoms with Gasteiger partial charge in [0.15, 0.2) is 0 Å². The van der Waals surface area contributed by atoms with Gasteiger partial charge in [-0.25, -0.2) is 9.59 Å². The molecule has 5 heteroatoms. The summed E-state index contributed by atoms with van der Waals surface area (Å²) >= 11 is 0. The number of esters is 1. The molecule has 1 rings (SSSR count). The summed E-state index contributed by atoms with van der Waals surface area (Å²) in [6.45, 7) is 8.00. The number of hydrogen-bond donors (Lipinski definition) is 0. The van der Waals surface area contributed by atoms with Gasteiger partial charge in [-0.1, -0.05) is 13.3 Å². The maximum atomic E-state index is 12.3. The molecule has 1 fully saturated rings. The Morgan fingerprint density at radius 2 is 1.95 bits per heavy atom. The van der Waals surface area contributed by atoms with Crippen molar-refractivity contribution in [3.8, 4) is 0 Å². The van der Waals surface area contributed by atoms with Crippen LogP contribution in [-0.2, 0) is 14.3 Å². The van der Waals surface area contributed by atoms with Gasteiger partial charge >= 0.3 is 12.1 Å². The zero-order valence-corrected chi connectivity index (χ0v) is 12.6. The molecule has 1 heterocycles. The summed E-state index contributed by atoms with van der Waals surface area (Å²) < 4.78 is 10.3. The number of nitrogens with zero attached hydrogens (tertiary/aromatic N) is 1. The molecule has 1 aliphatic heterocycles. The highest BCUT2D eigenvalue weighted by molar-refractivity contribution is 5.86. The lowest BCUT2D eigenvalue weighted by Gasteiger charge is -2.36. The molecule has 1 saturated heterocycles. The fourth-order valence-corrected chi connectivity index (χ4v) is 2.64. The van der Waals surface area contributed by atoms with E-state index in [9.17, 15) is 9.59 Å². The molecule has 1 aliphatic rings. The van der Waals surface area contributed by atoms with Crippen LogP contribution in [0.5, 0.6) is 0 Å². The second-order valence-corrected chi connectivity index (χ2v) is 6.01. The number of ether oxygens (including phenoxy) is 2. The highest BCUT2D eigenvalue weighted by Crippen LogP contribution is 2.36. The van der Waals surface area contributed by atoms with Crippen LogP contribution in [0.15, 0.2) is 0 Å². The number of hydrogen-bond acceptors (Lipinski definition) is 4. The third kappa shape index (κ3) is 3.39. The average Bonchev–Trinajstić information content (AvgIpc) is 2.71. The summed E-state index contributed by atoms with van der Waals surface area (Å²) in [4.78, 5) is 26.0. The van der Waals surface area contributed by atoms with Crippen molar-refractivity contribution in [2.24, 2.45) is 0 Å². The normalized spacial score (nSPS) is 23.3. The van der Waals surface area contributed by atoms with E-state index in [0.29, 0.717) is 19.4 Å². The summed E-state index contributed by atoms with van der Waals surface area (Å²) in [6.07, 6.45) is 2.44. The van der Waals surface area contributed by atoms with Gasteiger partial charge in [0.2, 0.25) is 0 Å². The van der Waals surface area contributed by atoms with Gasteiger partial charge in [0.05, 0.1) is 7.11 Å². The van der Waals surface area contributed by atoms with E-state index in [-0.39, 0.29) is 5.97 Å². The Balaban J connectivity index is 2.96. The van der Waals surface area contributed by atoms with E-state index >= 15 is 0 Å². The average molecular weight is 271 g/mol. The van der Waals surface area contributed by atoms with Crippen molar-refractivity contribution in [3.05, 3.63) is 0 Å². The Bertz CT molecular complexity index is 348. The van der Waals surface area contributed by atoms with Crippen LogP contribution in [0.2, 0.25) is 0 Å². The minimum absolute atomic E-state index is 0.335. The monoisotopic (exact) mass is 271 g/mol. The minimum Gasteiger partial charge on any atom is -0.467 e. The number of likely N-dealkylation sites (tertiary alicyclic amines) is 1. The van der Waals surface area contributed by atoms with Crippen molar-refractivity contribution in [1.82, 2.24) is 4.90 Å². The Kier molecular flexibility index (Phi) is 4.82. The Labute approximate surface area is 115 Å².